The highest BCUT2D eigenvalue weighted by Crippen LogP contribution is 2.35. The fraction of sp³-hybridized carbons (Fsp3) is 0.0588. The Balaban J connectivity index is 0.000000160. The quantitative estimate of drug-likeness (QED) is 0.147. The lowest BCUT2D eigenvalue weighted by Crippen LogP contribution is -1.97. The highest BCUT2D eigenvalue weighted by atomic mass is 16.1. The molecule has 2 aromatic heterocycles. The van der Waals surface area contributed by atoms with Gasteiger partial charge in [0.1, 0.15) is 11.6 Å². The van der Waals surface area contributed by atoms with Crippen molar-refractivity contribution >= 4 is 11.6 Å². The summed E-state index contributed by atoms with van der Waals surface area (Å²) in [5, 5.41) is 0. The molecule has 4 nitrogen and oxygen atoms in total. The normalized spacial score (nSPS) is 10.2. The number of hydrogen-bond donors (Lipinski definition) is 0. The van der Waals surface area contributed by atoms with Gasteiger partial charge in [-0.05, 0) is 48.2 Å². The molecule has 0 N–H and O–H groups in total. The first-order valence-corrected chi connectivity index (χ1v) is 18.3. The summed E-state index contributed by atoms with van der Waals surface area (Å²) in [6.07, 6.45) is 4.01. The van der Waals surface area contributed by atoms with Crippen LogP contribution in [0.25, 0.3) is 67.0 Å². The second-order valence-electron chi connectivity index (χ2n) is 13.0. The zero-order valence-electron chi connectivity index (χ0n) is 31.0. The lowest BCUT2D eigenvalue weighted by Gasteiger charge is -2.12. The Labute approximate surface area is 323 Å². The first kappa shape index (κ1) is 37.7. The number of hydrogen-bond acceptors (Lipinski definition) is 4. The summed E-state index contributed by atoms with van der Waals surface area (Å²) in [5.74, 6) is -0.125. The monoisotopic (exact) mass is 714 g/mol. The third-order valence-corrected chi connectivity index (χ3v) is 8.75. The van der Waals surface area contributed by atoms with Crippen molar-refractivity contribution in [1.82, 2.24) is 9.97 Å². The number of carbonyl (C=O) groups excluding carboxylic acids is 2. The minimum atomic E-state index is -0.0625. The predicted octanol–water partition coefficient (Wildman–Crippen LogP) is 12.7. The van der Waals surface area contributed by atoms with Crippen molar-refractivity contribution in [3.05, 3.63) is 207 Å². The number of aromatic nitrogens is 2. The maximum atomic E-state index is 10.0. The Morgan fingerprint density at radius 3 is 0.855 bits per heavy atom. The molecule has 0 saturated carbocycles. The Morgan fingerprint density at radius 2 is 0.600 bits per heavy atom. The van der Waals surface area contributed by atoms with Crippen LogP contribution in [0.3, 0.4) is 0 Å². The number of Topliss-reactive ketones (excluding diaryl/α,β-unsaturated/α-hetero) is 2. The average Bonchev–Trinajstić information content (AvgIpc) is 3.25. The minimum absolute atomic E-state index is 0.0625. The molecule has 4 heteroatoms. The van der Waals surface area contributed by atoms with E-state index < -0.39 is 0 Å². The molecule has 0 aliphatic carbocycles. The molecule has 0 bridgehead atoms. The molecule has 0 spiro atoms. The molecule has 55 heavy (non-hydrogen) atoms. The van der Waals surface area contributed by atoms with Crippen molar-refractivity contribution in [2.75, 3.05) is 0 Å². The van der Waals surface area contributed by atoms with Crippen LogP contribution in [0.1, 0.15) is 20.3 Å². The molecule has 2 heterocycles. The number of pyridine rings is 2. The Hall–Kier alpha value is -7.04. The van der Waals surface area contributed by atoms with Gasteiger partial charge in [-0.25, -0.2) is 0 Å². The van der Waals surface area contributed by atoms with Crippen LogP contribution in [0.5, 0.6) is 0 Å². The van der Waals surface area contributed by atoms with Crippen LogP contribution in [-0.2, 0) is 9.59 Å². The van der Waals surface area contributed by atoms with Crippen LogP contribution < -0.4 is 0 Å². The van der Waals surface area contributed by atoms with Gasteiger partial charge in [-0.15, -0.1) is 0 Å². The Bertz CT molecular complexity index is 2240. The van der Waals surface area contributed by atoms with Crippen molar-refractivity contribution in [3.63, 3.8) is 0 Å². The van der Waals surface area contributed by atoms with Crippen LogP contribution in [0.4, 0.5) is 0 Å². The zero-order chi connectivity index (χ0) is 38.2. The molecule has 6 aromatic carbocycles. The summed E-state index contributed by atoms with van der Waals surface area (Å²) in [5.41, 5.74) is 13.6. The molecular formula is C51H42N2O2. The molecule has 0 radical (unpaired) electrons. The number of nitrogens with zero attached hydrogens (tertiary/aromatic N) is 2. The predicted molar refractivity (Wildman–Crippen MR) is 227 cm³/mol. The number of benzene rings is 6. The van der Waals surface area contributed by atoms with Crippen molar-refractivity contribution in [2.45, 2.75) is 20.3 Å². The smallest absolute Gasteiger partial charge is 0.137 e. The van der Waals surface area contributed by atoms with E-state index in [-0.39, 0.29) is 18.0 Å². The number of rotatable bonds is 8. The molecule has 0 aliphatic rings. The fourth-order valence-electron chi connectivity index (χ4n) is 6.18. The molecule has 0 saturated heterocycles. The van der Waals surface area contributed by atoms with Gasteiger partial charge < -0.3 is 0 Å². The SMILES string of the molecule is CC(=O)CC(C)=O.c1ccc(-c2cnc(-c3ccccc3)c(-c3ccccc3)c2)cc1.c1ccc(-c2cnc(-c3ccccc3)c(-c3ccccc3)c2)cc1. The maximum absolute atomic E-state index is 10.0. The van der Waals surface area contributed by atoms with E-state index in [1.807, 2.05) is 48.8 Å². The summed E-state index contributed by atoms with van der Waals surface area (Å²) >= 11 is 0. The van der Waals surface area contributed by atoms with Crippen LogP contribution in [-0.4, -0.2) is 21.5 Å². The van der Waals surface area contributed by atoms with Crippen LogP contribution in [0.2, 0.25) is 0 Å². The van der Waals surface area contributed by atoms with E-state index in [1.54, 1.807) is 0 Å². The van der Waals surface area contributed by atoms with Gasteiger partial charge in [-0.1, -0.05) is 182 Å². The van der Waals surface area contributed by atoms with E-state index in [0.717, 1.165) is 44.8 Å². The van der Waals surface area contributed by atoms with Gasteiger partial charge in [0.05, 0.1) is 17.8 Å². The molecule has 0 aliphatic heterocycles. The van der Waals surface area contributed by atoms with E-state index in [1.165, 1.54) is 36.1 Å². The second-order valence-corrected chi connectivity index (χ2v) is 13.0. The number of ketones is 2. The van der Waals surface area contributed by atoms with Crippen molar-refractivity contribution < 1.29 is 9.59 Å². The van der Waals surface area contributed by atoms with E-state index >= 15 is 0 Å². The molecule has 0 atom stereocenters. The fourth-order valence-corrected chi connectivity index (χ4v) is 6.18. The van der Waals surface area contributed by atoms with Gasteiger partial charge >= 0.3 is 0 Å². The van der Waals surface area contributed by atoms with Gasteiger partial charge in [-0.3, -0.25) is 19.6 Å². The third kappa shape index (κ3) is 10.5. The van der Waals surface area contributed by atoms with Crippen LogP contribution in [0.15, 0.2) is 207 Å². The van der Waals surface area contributed by atoms with Crippen molar-refractivity contribution in [3.8, 4) is 67.0 Å². The highest BCUT2D eigenvalue weighted by molar-refractivity contribution is 5.96. The summed E-state index contributed by atoms with van der Waals surface area (Å²) in [6.45, 7) is 2.81. The third-order valence-electron chi connectivity index (χ3n) is 8.75. The zero-order valence-corrected chi connectivity index (χ0v) is 31.0. The van der Waals surface area contributed by atoms with Gasteiger partial charge in [0, 0.05) is 45.8 Å². The van der Waals surface area contributed by atoms with Crippen LogP contribution in [0, 0.1) is 0 Å². The molecule has 0 amide bonds. The molecule has 0 fully saturated rings. The molecule has 0 unspecified atom stereocenters. The standard InChI is InChI=1S/2C23H17N.C5H8O2/c2*1-4-10-18(11-5-1)21-16-22(19-12-6-2-7-13-19)23(24-17-21)20-14-8-3-9-15-20;1-4(6)3-5(2)7/h2*1-17H;3H2,1-2H3. The first-order valence-electron chi connectivity index (χ1n) is 18.3. The van der Waals surface area contributed by atoms with Crippen molar-refractivity contribution in [1.29, 1.82) is 0 Å². The van der Waals surface area contributed by atoms with Gasteiger partial charge in [0.2, 0.25) is 0 Å². The lowest BCUT2D eigenvalue weighted by atomic mass is 9.96. The topological polar surface area (TPSA) is 59.9 Å². The minimum Gasteiger partial charge on any atom is -0.300 e. The first-order chi connectivity index (χ1) is 27.0. The van der Waals surface area contributed by atoms with Crippen LogP contribution >= 0.6 is 0 Å². The largest absolute Gasteiger partial charge is 0.300 e. The van der Waals surface area contributed by atoms with Gasteiger partial charge in [-0.2, -0.15) is 0 Å². The summed E-state index contributed by atoms with van der Waals surface area (Å²) < 4.78 is 0. The second kappa shape index (κ2) is 19.2. The molecule has 268 valence electrons. The summed E-state index contributed by atoms with van der Waals surface area (Å²) in [4.78, 5) is 29.7. The lowest BCUT2D eigenvalue weighted by molar-refractivity contribution is -0.124. The van der Waals surface area contributed by atoms with E-state index in [2.05, 4.69) is 158 Å². The Kier molecular flexibility index (Phi) is 13.1. The average molecular weight is 715 g/mol. The van der Waals surface area contributed by atoms with Crippen molar-refractivity contribution in [2.24, 2.45) is 0 Å². The summed E-state index contributed by atoms with van der Waals surface area (Å²) in [7, 11) is 0. The molecule has 8 rings (SSSR count). The van der Waals surface area contributed by atoms with E-state index in [4.69, 9.17) is 9.97 Å². The molecule has 8 aromatic rings. The number of carbonyl (C=O) groups is 2. The van der Waals surface area contributed by atoms with Gasteiger partial charge in [0.25, 0.3) is 0 Å². The van der Waals surface area contributed by atoms with E-state index in [9.17, 15) is 9.59 Å². The highest BCUT2D eigenvalue weighted by Gasteiger charge is 2.12. The molecular weight excluding hydrogens is 673 g/mol. The Morgan fingerprint density at radius 1 is 0.345 bits per heavy atom. The summed E-state index contributed by atoms with van der Waals surface area (Å²) in [6, 6.07) is 66.9. The van der Waals surface area contributed by atoms with E-state index in [0.29, 0.717) is 0 Å². The van der Waals surface area contributed by atoms with Gasteiger partial charge in [0.15, 0.2) is 0 Å². The maximum Gasteiger partial charge on any atom is 0.137 e.